The molecule has 4 rings (SSSR count). The Labute approximate surface area is 195 Å². The van der Waals surface area contributed by atoms with Gasteiger partial charge < -0.3 is 14.2 Å². The number of nitrogens with zero attached hydrogens (tertiary/aromatic N) is 4. The molecule has 0 aliphatic carbocycles. The number of fused-ring (bicyclic) bond motifs is 1. The van der Waals surface area contributed by atoms with Gasteiger partial charge in [0, 0.05) is 18.7 Å². The lowest BCUT2D eigenvalue weighted by Gasteiger charge is -2.22. The van der Waals surface area contributed by atoms with E-state index in [1.165, 1.54) is 11.3 Å². The van der Waals surface area contributed by atoms with Crippen molar-refractivity contribution in [2.45, 2.75) is 6.92 Å². The molecule has 0 aliphatic rings. The maximum Gasteiger partial charge on any atom is 0.266 e. The van der Waals surface area contributed by atoms with Crippen molar-refractivity contribution in [3.63, 3.8) is 0 Å². The van der Waals surface area contributed by atoms with E-state index in [1.54, 1.807) is 25.0 Å². The molecule has 0 fully saturated rings. The number of methoxy groups -OCH3 is 1. The Hall–Kier alpha value is -2.94. The zero-order chi connectivity index (χ0) is 22.8. The highest BCUT2D eigenvalue weighted by atomic mass is 35.5. The second kappa shape index (κ2) is 9.28. The Morgan fingerprint density at radius 1 is 1.19 bits per heavy atom. The summed E-state index contributed by atoms with van der Waals surface area (Å²) in [6.07, 6.45) is 0. The smallest absolute Gasteiger partial charge is 0.266 e. The van der Waals surface area contributed by atoms with Crippen molar-refractivity contribution in [2.75, 3.05) is 39.2 Å². The van der Waals surface area contributed by atoms with Crippen molar-refractivity contribution in [1.29, 1.82) is 0 Å². The normalized spacial score (nSPS) is 11.3. The summed E-state index contributed by atoms with van der Waals surface area (Å²) in [6, 6.07) is 12.9. The standard InChI is InChI=1S/C23H23ClN4O3S/c1-14-20(21(26-31-14)16-7-5-6-8-17(16)24)22(29)28(12-11-27(2)3)23-25-18-10-9-15(30-4)13-19(18)32-23/h5-10,13H,11-12H2,1-4H3. The number of halogens is 1. The first-order valence-electron chi connectivity index (χ1n) is 10.0. The Morgan fingerprint density at radius 2 is 1.97 bits per heavy atom. The quantitative estimate of drug-likeness (QED) is 0.373. The Bertz CT molecular complexity index is 1270. The molecule has 4 aromatic rings. The molecule has 7 nitrogen and oxygen atoms in total. The van der Waals surface area contributed by atoms with Crippen molar-refractivity contribution in [2.24, 2.45) is 0 Å². The minimum Gasteiger partial charge on any atom is -0.497 e. The predicted octanol–water partition coefficient (Wildman–Crippen LogP) is 5.13. The second-order valence-electron chi connectivity index (χ2n) is 7.53. The molecule has 0 atom stereocenters. The van der Waals surface area contributed by atoms with Crippen molar-refractivity contribution >= 4 is 44.2 Å². The number of carbonyl (C=O) groups excluding carboxylic acids is 1. The molecular formula is C23H23ClN4O3S. The molecule has 0 saturated heterocycles. The van der Waals surface area contributed by atoms with Gasteiger partial charge in [-0.1, -0.05) is 46.3 Å². The van der Waals surface area contributed by atoms with Gasteiger partial charge in [0.25, 0.3) is 5.91 Å². The van der Waals surface area contributed by atoms with Crippen LogP contribution in [0.3, 0.4) is 0 Å². The molecule has 0 aliphatic heterocycles. The van der Waals surface area contributed by atoms with Gasteiger partial charge in [-0.05, 0) is 45.3 Å². The van der Waals surface area contributed by atoms with Crippen molar-refractivity contribution in [3.05, 3.63) is 58.8 Å². The molecule has 2 aromatic carbocycles. The van der Waals surface area contributed by atoms with E-state index in [9.17, 15) is 4.79 Å². The van der Waals surface area contributed by atoms with Gasteiger partial charge in [-0.25, -0.2) is 4.98 Å². The summed E-state index contributed by atoms with van der Waals surface area (Å²) in [5, 5.41) is 5.26. The highest BCUT2D eigenvalue weighted by molar-refractivity contribution is 7.22. The predicted molar refractivity (Wildman–Crippen MR) is 128 cm³/mol. The Balaban J connectivity index is 1.79. The number of thiazole rings is 1. The summed E-state index contributed by atoms with van der Waals surface area (Å²) >= 11 is 7.83. The molecule has 0 bridgehead atoms. The summed E-state index contributed by atoms with van der Waals surface area (Å²) < 4.78 is 11.7. The third kappa shape index (κ3) is 4.34. The number of amides is 1. The van der Waals surface area contributed by atoms with E-state index in [0.717, 1.165) is 16.0 Å². The number of anilines is 1. The Morgan fingerprint density at radius 3 is 2.69 bits per heavy atom. The first-order valence-corrected chi connectivity index (χ1v) is 11.2. The average Bonchev–Trinajstić information content (AvgIpc) is 3.36. The zero-order valence-corrected chi connectivity index (χ0v) is 19.8. The van der Waals surface area contributed by atoms with Crippen LogP contribution in [0.4, 0.5) is 5.13 Å². The number of aromatic nitrogens is 2. The van der Waals surface area contributed by atoms with Gasteiger partial charge in [-0.15, -0.1) is 0 Å². The minimum absolute atomic E-state index is 0.230. The van der Waals surface area contributed by atoms with E-state index >= 15 is 0 Å². The molecular weight excluding hydrogens is 448 g/mol. The Kier molecular flexibility index (Phi) is 6.45. The highest BCUT2D eigenvalue weighted by Gasteiger charge is 2.29. The molecule has 0 unspecified atom stereocenters. The number of benzene rings is 2. The van der Waals surface area contributed by atoms with E-state index in [1.807, 2.05) is 55.4 Å². The lowest BCUT2D eigenvalue weighted by molar-refractivity contribution is 0.0984. The van der Waals surface area contributed by atoms with Crippen LogP contribution in [-0.2, 0) is 0 Å². The number of aryl methyl sites for hydroxylation is 1. The van der Waals surface area contributed by atoms with Gasteiger partial charge in [0.15, 0.2) is 5.13 Å². The monoisotopic (exact) mass is 470 g/mol. The molecule has 2 aromatic heterocycles. The van der Waals surface area contributed by atoms with E-state index in [4.69, 9.17) is 25.8 Å². The van der Waals surface area contributed by atoms with Crippen LogP contribution >= 0.6 is 22.9 Å². The zero-order valence-electron chi connectivity index (χ0n) is 18.3. The van der Waals surface area contributed by atoms with Crippen LogP contribution < -0.4 is 9.64 Å². The maximum atomic E-state index is 13.9. The molecule has 166 valence electrons. The summed E-state index contributed by atoms with van der Waals surface area (Å²) in [6.45, 7) is 2.85. The van der Waals surface area contributed by atoms with Crippen molar-refractivity contribution < 1.29 is 14.1 Å². The van der Waals surface area contributed by atoms with Crippen LogP contribution in [0.1, 0.15) is 16.1 Å². The van der Waals surface area contributed by atoms with E-state index in [0.29, 0.717) is 45.8 Å². The summed E-state index contributed by atoms with van der Waals surface area (Å²) in [7, 11) is 5.55. The summed E-state index contributed by atoms with van der Waals surface area (Å²) in [5.41, 5.74) is 2.27. The minimum atomic E-state index is -0.230. The lowest BCUT2D eigenvalue weighted by atomic mass is 10.1. The van der Waals surface area contributed by atoms with Gasteiger partial charge in [0.1, 0.15) is 22.8 Å². The molecule has 2 heterocycles. The molecule has 0 N–H and O–H groups in total. The number of likely N-dealkylation sites (N-methyl/N-ethyl adjacent to an activating group) is 1. The van der Waals surface area contributed by atoms with Crippen LogP contribution in [0, 0.1) is 6.92 Å². The van der Waals surface area contributed by atoms with Gasteiger partial charge in [-0.3, -0.25) is 9.69 Å². The second-order valence-corrected chi connectivity index (χ2v) is 8.95. The largest absolute Gasteiger partial charge is 0.497 e. The van der Waals surface area contributed by atoms with Gasteiger partial charge in [0.05, 0.1) is 22.3 Å². The van der Waals surface area contributed by atoms with E-state index < -0.39 is 0 Å². The van der Waals surface area contributed by atoms with Crippen LogP contribution in [0.15, 0.2) is 47.0 Å². The molecule has 0 radical (unpaired) electrons. The third-order valence-electron chi connectivity index (χ3n) is 5.04. The first-order chi connectivity index (χ1) is 15.4. The number of carbonyl (C=O) groups is 1. The lowest BCUT2D eigenvalue weighted by Crippen LogP contribution is -2.37. The van der Waals surface area contributed by atoms with Gasteiger partial charge >= 0.3 is 0 Å². The SMILES string of the molecule is COc1ccc2nc(N(CCN(C)C)C(=O)c3c(-c4ccccc4Cl)noc3C)sc2c1. The van der Waals surface area contributed by atoms with Crippen molar-refractivity contribution in [1.82, 2.24) is 15.0 Å². The molecule has 9 heteroatoms. The van der Waals surface area contributed by atoms with Crippen LogP contribution in [0.25, 0.3) is 21.5 Å². The van der Waals surface area contributed by atoms with Gasteiger partial charge in [0.2, 0.25) is 0 Å². The molecule has 0 saturated carbocycles. The van der Waals surface area contributed by atoms with Crippen LogP contribution in [-0.4, -0.2) is 55.2 Å². The van der Waals surface area contributed by atoms with E-state index in [-0.39, 0.29) is 5.91 Å². The topological polar surface area (TPSA) is 71.7 Å². The number of ether oxygens (including phenoxy) is 1. The summed E-state index contributed by atoms with van der Waals surface area (Å²) in [4.78, 5) is 22.3. The fourth-order valence-corrected chi connectivity index (χ4v) is 4.56. The summed E-state index contributed by atoms with van der Waals surface area (Å²) in [5.74, 6) is 0.948. The molecule has 1 amide bonds. The fraction of sp³-hybridized carbons (Fsp3) is 0.261. The van der Waals surface area contributed by atoms with E-state index in [2.05, 4.69) is 5.16 Å². The fourth-order valence-electron chi connectivity index (χ4n) is 3.32. The number of hydrogen-bond acceptors (Lipinski definition) is 7. The molecule has 0 spiro atoms. The van der Waals surface area contributed by atoms with Crippen molar-refractivity contribution in [3.8, 4) is 17.0 Å². The number of rotatable bonds is 7. The average molecular weight is 471 g/mol. The van der Waals surface area contributed by atoms with Gasteiger partial charge in [-0.2, -0.15) is 0 Å². The van der Waals surface area contributed by atoms with Crippen LogP contribution in [0.2, 0.25) is 5.02 Å². The van der Waals surface area contributed by atoms with Crippen LogP contribution in [0.5, 0.6) is 5.75 Å². The third-order valence-corrected chi connectivity index (χ3v) is 6.41. The molecule has 32 heavy (non-hydrogen) atoms. The maximum absolute atomic E-state index is 13.9. The first kappa shape index (κ1) is 22.3. The highest BCUT2D eigenvalue weighted by Crippen LogP contribution is 2.35. The number of hydrogen-bond donors (Lipinski definition) is 0.